The van der Waals surface area contributed by atoms with Crippen molar-refractivity contribution < 1.29 is 4.79 Å². The quantitative estimate of drug-likeness (QED) is 0.590. The van der Waals surface area contributed by atoms with Gasteiger partial charge in [-0.05, 0) is 31.8 Å². The zero-order chi connectivity index (χ0) is 9.84. The Balaban J connectivity index is 2.63. The minimum absolute atomic E-state index is 0.614. The fraction of sp³-hybridized carbons (Fsp3) is 0.556. The lowest BCUT2D eigenvalue weighted by atomic mass is 9.89. The molecule has 72 valence electrons. The molecule has 0 bridgehead atoms. The highest BCUT2D eigenvalue weighted by Gasteiger charge is 2.12. The lowest BCUT2D eigenvalue weighted by Gasteiger charge is -2.17. The molecular formula is C9H15N3O. The number of nitrogens with zero attached hydrogens (tertiary/aromatic N) is 1. The number of urea groups is 1. The van der Waals surface area contributed by atoms with Crippen LogP contribution in [0.3, 0.4) is 0 Å². The zero-order valence-corrected chi connectivity index (χ0v) is 8.00. The molecular weight excluding hydrogens is 166 g/mol. The van der Waals surface area contributed by atoms with Gasteiger partial charge in [-0.1, -0.05) is 12.5 Å². The normalized spacial score (nSPS) is 25.5. The average molecular weight is 181 g/mol. The highest BCUT2D eigenvalue weighted by Crippen LogP contribution is 2.21. The van der Waals surface area contributed by atoms with Crippen LogP contribution in [0.4, 0.5) is 4.79 Å². The molecule has 4 nitrogen and oxygen atoms in total. The van der Waals surface area contributed by atoms with Gasteiger partial charge in [-0.25, -0.2) is 10.2 Å². The van der Waals surface area contributed by atoms with Gasteiger partial charge in [0, 0.05) is 0 Å². The summed E-state index contributed by atoms with van der Waals surface area (Å²) >= 11 is 0. The first-order valence-electron chi connectivity index (χ1n) is 4.40. The van der Waals surface area contributed by atoms with Gasteiger partial charge in [0.2, 0.25) is 0 Å². The summed E-state index contributed by atoms with van der Waals surface area (Å²) in [4.78, 5) is 10.4. The molecule has 4 heteroatoms. The Hall–Kier alpha value is -1.32. The van der Waals surface area contributed by atoms with E-state index in [1.807, 2.05) is 6.08 Å². The standard InChI is InChI=1S/C9H15N3O/c1-6-3-4-8(5-7(6)2)11-12-9(10)13/h5-6H,3-4H2,1-2H3,(H3,10,12,13)/b11-8-. The van der Waals surface area contributed by atoms with Crippen LogP contribution in [-0.2, 0) is 0 Å². The highest BCUT2D eigenvalue weighted by molar-refractivity contribution is 5.96. The van der Waals surface area contributed by atoms with Crippen LogP contribution < -0.4 is 11.2 Å². The van der Waals surface area contributed by atoms with E-state index in [4.69, 9.17) is 5.73 Å². The first kappa shape index (κ1) is 9.77. The SMILES string of the molecule is CC1=C/C(=N\NC(N)=O)CCC1C. The van der Waals surface area contributed by atoms with Crippen molar-refractivity contribution in [3.05, 3.63) is 11.6 Å². The van der Waals surface area contributed by atoms with E-state index in [2.05, 4.69) is 24.4 Å². The van der Waals surface area contributed by atoms with Gasteiger partial charge in [0.05, 0.1) is 5.71 Å². The molecule has 1 aliphatic rings. The minimum Gasteiger partial charge on any atom is -0.350 e. The Labute approximate surface area is 77.9 Å². The Morgan fingerprint density at radius 3 is 3.00 bits per heavy atom. The van der Waals surface area contributed by atoms with Crippen molar-refractivity contribution in [2.24, 2.45) is 16.8 Å². The summed E-state index contributed by atoms with van der Waals surface area (Å²) in [6.07, 6.45) is 3.99. The van der Waals surface area contributed by atoms with E-state index in [1.165, 1.54) is 5.57 Å². The van der Waals surface area contributed by atoms with Gasteiger partial charge < -0.3 is 5.73 Å². The molecule has 1 aliphatic carbocycles. The molecule has 1 rings (SSSR count). The largest absolute Gasteiger partial charge is 0.350 e. The van der Waals surface area contributed by atoms with Crippen molar-refractivity contribution in [1.29, 1.82) is 0 Å². The maximum absolute atomic E-state index is 10.4. The van der Waals surface area contributed by atoms with Gasteiger partial charge >= 0.3 is 6.03 Å². The summed E-state index contributed by atoms with van der Waals surface area (Å²) in [6, 6.07) is -0.614. The Morgan fingerprint density at radius 1 is 1.77 bits per heavy atom. The van der Waals surface area contributed by atoms with E-state index < -0.39 is 6.03 Å². The Morgan fingerprint density at radius 2 is 2.46 bits per heavy atom. The van der Waals surface area contributed by atoms with E-state index in [0.717, 1.165) is 18.6 Å². The molecule has 0 heterocycles. The predicted molar refractivity (Wildman–Crippen MR) is 52.3 cm³/mol. The molecule has 0 aliphatic heterocycles. The van der Waals surface area contributed by atoms with Crippen LogP contribution in [0.2, 0.25) is 0 Å². The second-order valence-electron chi connectivity index (χ2n) is 3.41. The topological polar surface area (TPSA) is 67.5 Å². The third kappa shape index (κ3) is 2.89. The Kier molecular flexibility index (Phi) is 3.06. The highest BCUT2D eigenvalue weighted by atomic mass is 16.2. The number of nitrogens with two attached hydrogens (primary N) is 1. The molecule has 0 spiro atoms. The van der Waals surface area contributed by atoms with E-state index in [9.17, 15) is 4.79 Å². The first-order valence-corrected chi connectivity index (χ1v) is 4.40. The number of rotatable bonds is 1. The summed E-state index contributed by atoms with van der Waals surface area (Å²) < 4.78 is 0. The third-order valence-electron chi connectivity index (χ3n) is 2.31. The number of nitrogens with one attached hydrogen (secondary N) is 1. The van der Waals surface area contributed by atoms with Crippen molar-refractivity contribution in [1.82, 2.24) is 5.43 Å². The van der Waals surface area contributed by atoms with Crippen molar-refractivity contribution in [2.75, 3.05) is 0 Å². The summed E-state index contributed by atoms with van der Waals surface area (Å²) in [5.41, 5.74) is 9.33. The molecule has 0 saturated carbocycles. The van der Waals surface area contributed by atoms with E-state index in [0.29, 0.717) is 5.92 Å². The second-order valence-corrected chi connectivity index (χ2v) is 3.41. The van der Waals surface area contributed by atoms with Crippen LogP contribution in [0, 0.1) is 5.92 Å². The minimum atomic E-state index is -0.614. The lowest BCUT2D eigenvalue weighted by molar-refractivity contribution is 0.249. The number of allylic oxidation sites excluding steroid dienone is 2. The molecule has 0 aromatic carbocycles. The fourth-order valence-electron chi connectivity index (χ4n) is 1.28. The molecule has 0 fully saturated rings. The van der Waals surface area contributed by atoms with Crippen molar-refractivity contribution in [2.45, 2.75) is 26.7 Å². The van der Waals surface area contributed by atoms with Crippen LogP contribution in [0.25, 0.3) is 0 Å². The molecule has 0 saturated heterocycles. The number of hydrazone groups is 1. The molecule has 13 heavy (non-hydrogen) atoms. The zero-order valence-electron chi connectivity index (χ0n) is 8.00. The second kappa shape index (κ2) is 4.07. The maximum Gasteiger partial charge on any atom is 0.332 e. The summed E-state index contributed by atoms with van der Waals surface area (Å²) in [5, 5.41) is 3.88. The average Bonchev–Trinajstić information content (AvgIpc) is 2.07. The fourth-order valence-corrected chi connectivity index (χ4v) is 1.28. The van der Waals surface area contributed by atoms with Crippen molar-refractivity contribution in [3.8, 4) is 0 Å². The summed E-state index contributed by atoms with van der Waals surface area (Å²) in [5.74, 6) is 0.618. The Bertz CT molecular complexity index is 268. The molecule has 0 aromatic heterocycles. The van der Waals surface area contributed by atoms with Gasteiger partial charge in [-0.3, -0.25) is 0 Å². The number of primary amides is 1. The van der Waals surface area contributed by atoms with E-state index in [1.54, 1.807) is 0 Å². The number of carbonyl (C=O) groups excluding carboxylic acids is 1. The molecule has 3 N–H and O–H groups in total. The third-order valence-corrected chi connectivity index (χ3v) is 2.31. The van der Waals surface area contributed by atoms with Crippen molar-refractivity contribution in [3.63, 3.8) is 0 Å². The predicted octanol–water partition coefficient (Wildman–Crippen LogP) is 1.39. The van der Waals surface area contributed by atoms with Crippen molar-refractivity contribution >= 4 is 11.7 Å². The van der Waals surface area contributed by atoms with Gasteiger partial charge in [0.25, 0.3) is 0 Å². The van der Waals surface area contributed by atoms with Crippen LogP contribution in [0.5, 0.6) is 0 Å². The smallest absolute Gasteiger partial charge is 0.332 e. The van der Waals surface area contributed by atoms with Gasteiger partial charge in [0.15, 0.2) is 0 Å². The van der Waals surface area contributed by atoms with Gasteiger partial charge in [-0.15, -0.1) is 0 Å². The maximum atomic E-state index is 10.4. The van der Waals surface area contributed by atoms with Crippen LogP contribution in [0.1, 0.15) is 26.7 Å². The number of carbonyl (C=O) groups is 1. The van der Waals surface area contributed by atoms with E-state index in [-0.39, 0.29) is 0 Å². The van der Waals surface area contributed by atoms with Crippen LogP contribution in [0.15, 0.2) is 16.8 Å². The monoisotopic (exact) mass is 181 g/mol. The first-order chi connectivity index (χ1) is 6.09. The van der Waals surface area contributed by atoms with Gasteiger partial charge in [0.1, 0.15) is 0 Å². The number of hydrogen-bond donors (Lipinski definition) is 2. The lowest BCUT2D eigenvalue weighted by Crippen LogP contribution is -2.26. The van der Waals surface area contributed by atoms with Crippen LogP contribution in [-0.4, -0.2) is 11.7 Å². The molecule has 2 amide bonds. The van der Waals surface area contributed by atoms with Gasteiger partial charge in [-0.2, -0.15) is 5.10 Å². The number of amides is 2. The molecule has 0 aromatic rings. The molecule has 0 radical (unpaired) electrons. The molecule has 1 unspecified atom stereocenters. The number of hydrogen-bond acceptors (Lipinski definition) is 2. The molecule has 1 atom stereocenters. The summed E-state index contributed by atoms with van der Waals surface area (Å²) in [7, 11) is 0. The summed E-state index contributed by atoms with van der Waals surface area (Å²) in [6.45, 7) is 4.26. The van der Waals surface area contributed by atoms with E-state index >= 15 is 0 Å². The van der Waals surface area contributed by atoms with Crippen LogP contribution >= 0.6 is 0 Å².